The summed E-state index contributed by atoms with van der Waals surface area (Å²) in [6.07, 6.45) is 1.27. The summed E-state index contributed by atoms with van der Waals surface area (Å²) in [5.74, 6) is 1.42. The van der Waals surface area contributed by atoms with Gasteiger partial charge in [-0.05, 0) is 20.3 Å². The van der Waals surface area contributed by atoms with E-state index >= 15 is 0 Å². The van der Waals surface area contributed by atoms with Gasteiger partial charge in [-0.25, -0.2) is 0 Å². The summed E-state index contributed by atoms with van der Waals surface area (Å²) in [7, 11) is 0. The highest BCUT2D eigenvalue weighted by Crippen LogP contribution is 2.17. The number of piperazine rings is 1. The summed E-state index contributed by atoms with van der Waals surface area (Å²) in [6, 6.07) is 8.13. The third-order valence-corrected chi connectivity index (χ3v) is 4.68. The van der Waals surface area contributed by atoms with E-state index in [0.29, 0.717) is 24.7 Å². The molecule has 7 heteroatoms. The van der Waals surface area contributed by atoms with Gasteiger partial charge in [0.2, 0.25) is 17.6 Å². The number of amides is 1. The molecule has 26 heavy (non-hydrogen) atoms. The smallest absolute Gasteiger partial charge is 0.241 e. The molecule has 1 unspecified atom stereocenters. The van der Waals surface area contributed by atoms with Crippen molar-refractivity contribution >= 4 is 5.91 Å². The Morgan fingerprint density at radius 3 is 2.58 bits per heavy atom. The quantitative estimate of drug-likeness (QED) is 0.848. The summed E-state index contributed by atoms with van der Waals surface area (Å²) in [5.41, 5.74) is 7.88. The topological polar surface area (TPSA) is 88.5 Å². The predicted molar refractivity (Wildman–Crippen MR) is 99.2 cm³/mol. The highest BCUT2D eigenvalue weighted by molar-refractivity contribution is 5.76. The van der Waals surface area contributed by atoms with E-state index in [1.165, 1.54) is 5.56 Å². The maximum absolute atomic E-state index is 12.2. The van der Waals surface area contributed by atoms with Crippen molar-refractivity contribution in [2.75, 3.05) is 26.2 Å². The highest BCUT2D eigenvalue weighted by Gasteiger charge is 2.22. The fourth-order valence-corrected chi connectivity index (χ4v) is 2.99. The van der Waals surface area contributed by atoms with Crippen LogP contribution in [0.3, 0.4) is 0 Å². The zero-order chi connectivity index (χ0) is 18.5. The van der Waals surface area contributed by atoms with Crippen LogP contribution in [0.4, 0.5) is 0 Å². The van der Waals surface area contributed by atoms with Crippen LogP contribution in [0.1, 0.15) is 31.2 Å². The molecule has 2 N–H and O–H groups in total. The zero-order valence-electron chi connectivity index (χ0n) is 15.5. The molecule has 1 aromatic carbocycles. The van der Waals surface area contributed by atoms with Gasteiger partial charge in [-0.2, -0.15) is 4.98 Å². The molecule has 7 nitrogen and oxygen atoms in total. The first-order valence-electron chi connectivity index (χ1n) is 9.16. The maximum Gasteiger partial charge on any atom is 0.241 e. The van der Waals surface area contributed by atoms with Crippen LogP contribution < -0.4 is 5.73 Å². The summed E-state index contributed by atoms with van der Waals surface area (Å²) < 4.78 is 5.39. The number of carbonyl (C=O) groups is 1. The average Bonchev–Trinajstić information content (AvgIpc) is 3.09. The molecule has 1 saturated heterocycles. The zero-order valence-corrected chi connectivity index (χ0v) is 15.5. The van der Waals surface area contributed by atoms with Crippen molar-refractivity contribution in [3.05, 3.63) is 35.7 Å². The van der Waals surface area contributed by atoms with Gasteiger partial charge in [0, 0.05) is 44.2 Å². The second-order valence-corrected chi connectivity index (χ2v) is 7.05. The number of hydrogen-bond acceptors (Lipinski definition) is 6. The second kappa shape index (κ2) is 8.42. The SMILES string of the molecule is Cc1ccc(-c2noc(CN3CCN(C(=O)CCC(C)N)CC3)n2)cc1. The molecule has 1 amide bonds. The Hall–Kier alpha value is -2.25. The van der Waals surface area contributed by atoms with Crippen molar-refractivity contribution in [3.8, 4) is 11.4 Å². The molecule has 0 spiro atoms. The molecular weight excluding hydrogens is 330 g/mol. The van der Waals surface area contributed by atoms with E-state index in [0.717, 1.165) is 38.2 Å². The molecular formula is C19H27N5O2. The third-order valence-electron chi connectivity index (χ3n) is 4.68. The monoisotopic (exact) mass is 357 g/mol. The fraction of sp³-hybridized carbons (Fsp3) is 0.526. The lowest BCUT2D eigenvalue weighted by atomic mass is 10.1. The minimum Gasteiger partial charge on any atom is -0.340 e. The van der Waals surface area contributed by atoms with Gasteiger partial charge in [0.05, 0.1) is 6.54 Å². The van der Waals surface area contributed by atoms with Crippen molar-refractivity contribution in [2.45, 2.75) is 39.3 Å². The molecule has 1 aliphatic rings. The molecule has 0 aliphatic carbocycles. The van der Waals surface area contributed by atoms with Crippen LogP contribution in [0.15, 0.2) is 28.8 Å². The molecule has 140 valence electrons. The van der Waals surface area contributed by atoms with E-state index in [4.69, 9.17) is 10.3 Å². The summed E-state index contributed by atoms with van der Waals surface area (Å²) in [5, 5.41) is 4.08. The first-order chi connectivity index (χ1) is 12.5. The van der Waals surface area contributed by atoms with E-state index in [1.807, 2.05) is 43.0 Å². The number of aromatic nitrogens is 2. The van der Waals surface area contributed by atoms with Crippen LogP contribution >= 0.6 is 0 Å². The van der Waals surface area contributed by atoms with Crippen molar-refractivity contribution in [1.82, 2.24) is 19.9 Å². The Balaban J connectivity index is 1.49. The lowest BCUT2D eigenvalue weighted by molar-refractivity contribution is -0.133. The van der Waals surface area contributed by atoms with Gasteiger partial charge in [-0.15, -0.1) is 0 Å². The molecule has 2 aromatic rings. The summed E-state index contributed by atoms with van der Waals surface area (Å²) in [4.78, 5) is 20.8. The van der Waals surface area contributed by atoms with Gasteiger partial charge >= 0.3 is 0 Å². The molecule has 1 atom stereocenters. The average molecular weight is 357 g/mol. The van der Waals surface area contributed by atoms with E-state index < -0.39 is 0 Å². The minimum absolute atomic E-state index is 0.0699. The number of hydrogen-bond donors (Lipinski definition) is 1. The molecule has 3 rings (SSSR count). The van der Waals surface area contributed by atoms with E-state index in [1.54, 1.807) is 0 Å². The predicted octanol–water partition coefficient (Wildman–Crippen LogP) is 1.82. The first kappa shape index (κ1) is 18.5. The Morgan fingerprint density at radius 2 is 1.92 bits per heavy atom. The van der Waals surface area contributed by atoms with Crippen LogP contribution in [-0.2, 0) is 11.3 Å². The molecule has 1 aliphatic heterocycles. The van der Waals surface area contributed by atoms with Gasteiger partial charge in [0.15, 0.2) is 0 Å². The van der Waals surface area contributed by atoms with Crippen LogP contribution in [-0.4, -0.2) is 58.1 Å². The van der Waals surface area contributed by atoms with Gasteiger partial charge in [0.25, 0.3) is 0 Å². The van der Waals surface area contributed by atoms with Crippen molar-refractivity contribution in [3.63, 3.8) is 0 Å². The Labute approximate surface area is 154 Å². The van der Waals surface area contributed by atoms with E-state index in [-0.39, 0.29) is 11.9 Å². The number of rotatable bonds is 6. The number of carbonyl (C=O) groups excluding carboxylic acids is 1. The Bertz CT molecular complexity index is 718. The Morgan fingerprint density at radius 1 is 1.23 bits per heavy atom. The summed E-state index contributed by atoms with van der Waals surface area (Å²) in [6.45, 7) is 7.68. The number of benzene rings is 1. The minimum atomic E-state index is 0.0699. The molecule has 0 bridgehead atoms. The van der Waals surface area contributed by atoms with Crippen molar-refractivity contribution in [2.24, 2.45) is 5.73 Å². The van der Waals surface area contributed by atoms with Crippen molar-refractivity contribution < 1.29 is 9.32 Å². The normalized spacial score (nSPS) is 16.7. The van der Waals surface area contributed by atoms with Gasteiger partial charge < -0.3 is 15.2 Å². The second-order valence-electron chi connectivity index (χ2n) is 7.05. The number of nitrogens with zero attached hydrogens (tertiary/aromatic N) is 4. The van der Waals surface area contributed by atoms with Crippen LogP contribution in [0.25, 0.3) is 11.4 Å². The highest BCUT2D eigenvalue weighted by atomic mass is 16.5. The van der Waals surface area contributed by atoms with Gasteiger partial charge in [-0.3, -0.25) is 9.69 Å². The largest absolute Gasteiger partial charge is 0.340 e. The van der Waals surface area contributed by atoms with E-state index in [2.05, 4.69) is 15.0 Å². The van der Waals surface area contributed by atoms with Gasteiger partial charge in [-0.1, -0.05) is 35.0 Å². The molecule has 0 radical (unpaired) electrons. The lowest BCUT2D eigenvalue weighted by Crippen LogP contribution is -2.48. The van der Waals surface area contributed by atoms with Crippen LogP contribution in [0.2, 0.25) is 0 Å². The molecule has 2 heterocycles. The first-order valence-corrected chi connectivity index (χ1v) is 9.16. The van der Waals surface area contributed by atoms with Crippen molar-refractivity contribution in [1.29, 1.82) is 0 Å². The van der Waals surface area contributed by atoms with Crippen LogP contribution in [0.5, 0.6) is 0 Å². The fourth-order valence-electron chi connectivity index (χ4n) is 2.99. The third kappa shape index (κ3) is 4.89. The van der Waals surface area contributed by atoms with E-state index in [9.17, 15) is 4.79 Å². The number of nitrogens with two attached hydrogens (primary N) is 1. The number of aryl methyl sites for hydroxylation is 1. The molecule has 1 aromatic heterocycles. The molecule has 1 fully saturated rings. The summed E-state index contributed by atoms with van der Waals surface area (Å²) >= 11 is 0. The standard InChI is InChI=1S/C19H27N5O2/c1-14-3-6-16(7-4-14)19-21-17(26-22-19)13-23-9-11-24(12-10-23)18(25)8-5-15(2)20/h3-4,6-7,15H,5,8-13,20H2,1-2H3. The molecule has 0 saturated carbocycles. The van der Waals surface area contributed by atoms with Crippen LogP contribution in [0, 0.1) is 6.92 Å². The van der Waals surface area contributed by atoms with Gasteiger partial charge in [0.1, 0.15) is 0 Å². The maximum atomic E-state index is 12.2. The Kier molecular flexibility index (Phi) is 6.00. The lowest BCUT2D eigenvalue weighted by Gasteiger charge is -2.34.